The van der Waals surface area contributed by atoms with E-state index < -0.39 is 16.9 Å². The number of benzene rings is 4. The van der Waals surface area contributed by atoms with E-state index in [0.717, 1.165) is 42.1 Å². The molecule has 0 heterocycles. The third-order valence-electron chi connectivity index (χ3n) is 6.34. The summed E-state index contributed by atoms with van der Waals surface area (Å²) in [4.78, 5) is 41.4. The number of anilines is 2. The molecule has 0 saturated carbocycles. The van der Waals surface area contributed by atoms with Crippen LogP contribution in [0.4, 0.5) is 22.7 Å². The number of hydrogen-bond acceptors (Lipinski definition) is 10. The molecule has 0 radical (unpaired) electrons. The highest BCUT2D eigenvalue weighted by Crippen LogP contribution is 2.22. The van der Waals surface area contributed by atoms with Gasteiger partial charge in [-0.15, -0.1) is 0 Å². The normalized spacial score (nSPS) is 9.98. The minimum atomic E-state index is -1.19. The Morgan fingerprint density at radius 3 is 1.57 bits per heavy atom. The number of alkyl halides is 1. The van der Waals surface area contributed by atoms with Crippen LogP contribution in [0, 0.1) is 20.2 Å². The summed E-state index contributed by atoms with van der Waals surface area (Å²) in [6.07, 6.45) is 3.54. The number of aromatic hydroxyl groups is 2. The highest BCUT2D eigenvalue weighted by atomic mass is 79.9. The number of non-ortho nitro benzene ring substituents is 2. The van der Waals surface area contributed by atoms with Gasteiger partial charge in [-0.25, -0.2) is 9.59 Å². The van der Waals surface area contributed by atoms with Crippen molar-refractivity contribution in [1.29, 1.82) is 0 Å². The van der Waals surface area contributed by atoms with Gasteiger partial charge in [0.1, 0.15) is 22.6 Å². The number of aromatic carboxylic acids is 2. The highest BCUT2D eigenvalue weighted by molar-refractivity contribution is 9.09. The third-order valence-corrected chi connectivity index (χ3v) is 6.90. The fourth-order valence-electron chi connectivity index (χ4n) is 3.91. The molecule has 248 valence electrons. The van der Waals surface area contributed by atoms with Crippen LogP contribution in [0.2, 0.25) is 0 Å². The number of aryl methyl sites for hydroxylation is 2. The molecule has 4 aromatic rings. The summed E-state index contributed by atoms with van der Waals surface area (Å²) in [6, 6.07) is 21.3. The summed E-state index contributed by atoms with van der Waals surface area (Å²) < 4.78 is 0. The van der Waals surface area contributed by atoms with Crippen LogP contribution in [0.15, 0.2) is 84.9 Å². The van der Waals surface area contributed by atoms with E-state index in [0.29, 0.717) is 17.9 Å². The molecule has 7 N–H and O–H groups in total. The SMILES string of the molecule is Nc1ccc(O)c(C(=O)O)c1.O=C(O)c1cc(NCCCc2ccc([N+](=O)[O-])cc2)ccc1O.O=[N+]([O-])c1ccc(CCCBr)cc1. The van der Waals surface area contributed by atoms with Crippen LogP contribution in [0.25, 0.3) is 0 Å². The van der Waals surface area contributed by atoms with Crippen LogP contribution in [-0.4, -0.2) is 54.1 Å². The molecule has 0 bridgehead atoms. The van der Waals surface area contributed by atoms with Crippen LogP contribution in [-0.2, 0) is 12.8 Å². The van der Waals surface area contributed by atoms with E-state index in [4.69, 9.17) is 21.1 Å². The molecule has 4 aromatic carbocycles. The van der Waals surface area contributed by atoms with E-state index in [9.17, 15) is 34.9 Å². The van der Waals surface area contributed by atoms with Gasteiger partial charge in [-0.2, -0.15) is 0 Å². The maximum atomic E-state index is 10.9. The lowest BCUT2D eigenvalue weighted by Crippen LogP contribution is -2.05. The van der Waals surface area contributed by atoms with Crippen molar-refractivity contribution in [2.45, 2.75) is 25.7 Å². The minimum Gasteiger partial charge on any atom is -0.507 e. The van der Waals surface area contributed by atoms with Crippen molar-refractivity contribution in [2.24, 2.45) is 0 Å². The number of hydrogen-bond donors (Lipinski definition) is 6. The number of phenols is 2. The fourth-order valence-corrected chi connectivity index (χ4v) is 4.19. The largest absolute Gasteiger partial charge is 0.507 e. The number of nitrogens with zero attached hydrogens (tertiary/aromatic N) is 2. The number of carboxylic acids is 2. The predicted molar refractivity (Wildman–Crippen MR) is 180 cm³/mol. The molecule has 0 aromatic heterocycles. The average molecular weight is 714 g/mol. The quantitative estimate of drug-likeness (QED) is 0.0226. The summed E-state index contributed by atoms with van der Waals surface area (Å²) in [5.74, 6) is -2.91. The first-order valence-electron chi connectivity index (χ1n) is 14.0. The molecule has 0 aliphatic heterocycles. The van der Waals surface area contributed by atoms with E-state index in [1.165, 1.54) is 42.5 Å². The van der Waals surface area contributed by atoms with Gasteiger partial charge in [-0.1, -0.05) is 40.2 Å². The number of halogens is 1. The number of nitro groups is 2. The second-order valence-electron chi connectivity index (χ2n) is 9.79. The van der Waals surface area contributed by atoms with Crippen molar-refractivity contribution in [1.82, 2.24) is 0 Å². The first-order valence-corrected chi connectivity index (χ1v) is 15.1. The van der Waals surface area contributed by atoms with E-state index in [2.05, 4.69) is 21.2 Å². The van der Waals surface area contributed by atoms with Crippen LogP contribution in [0.1, 0.15) is 44.7 Å². The van der Waals surface area contributed by atoms with Crippen molar-refractivity contribution < 1.29 is 39.9 Å². The molecule has 47 heavy (non-hydrogen) atoms. The van der Waals surface area contributed by atoms with Crippen molar-refractivity contribution in [2.75, 3.05) is 22.9 Å². The number of carboxylic acid groups (broad SMARTS) is 2. The van der Waals surface area contributed by atoms with Crippen molar-refractivity contribution in [3.8, 4) is 11.5 Å². The Balaban J connectivity index is 0.000000270. The van der Waals surface area contributed by atoms with Crippen LogP contribution in [0.3, 0.4) is 0 Å². The molecule has 4 rings (SSSR count). The zero-order valence-electron chi connectivity index (χ0n) is 24.9. The molecule has 0 aliphatic carbocycles. The van der Waals surface area contributed by atoms with Gasteiger partial charge in [-0.05, 0) is 73.2 Å². The van der Waals surface area contributed by atoms with Gasteiger partial charge >= 0.3 is 11.9 Å². The number of carbonyl (C=O) groups is 2. The number of nitro benzene ring substituents is 2. The standard InChI is InChI=1S/C16H16N2O5.C9H10BrNO2.C7H7NO3/c19-15-8-5-12(10-14(15)16(20)21)17-9-1-2-11-3-6-13(7-4-11)18(22)23;10-7-1-2-8-3-5-9(6-4-8)11(12)13;8-4-1-2-6(9)5(3-4)7(10)11/h3-8,10,17,19H,1-2,9H2,(H,20,21);3-6H,1-2,7H2;1-3,9H,8H2,(H,10,11). The van der Waals surface area contributed by atoms with Crippen LogP contribution >= 0.6 is 15.9 Å². The molecule has 15 heteroatoms. The van der Waals surface area contributed by atoms with Gasteiger partial charge in [0.2, 0.25) is 0 Å². The Bertz CT molecular complexity index is 1670. The number of nitrogens with one attached hydrogen (secondary N) is 1. The molecule has 0 saturated heterocycles. The fraction of sp³-hybridized carbons (Fsp3) is 0.188. The lowest BCUT2D eigenvalue weighted by Gasteiger charge is -2.08. The van der Waals surface area contributed by atoms with Gasteiger partial charge in [0, 0.05) is 47.5 Å². The monoisotopic (exact) mass is 712 g/mol. The zero-order valence-corrected chi connectivity index (χ0v) is 26.5. The Hall–Kier alpha value is -5.70. The lowest BCUT2D eigenvalue weighted by molar-refractivity contribution is -0.385. The Morgan fingerprint density at radius 1 is 0.702 bits per heavy atom. The Kier molecular flexibility index (Phi) is 15.1. The predicted octanol–water partition coefficient (Wildman–Crippen LogP) is 6.64. The molecular weight excluding hydrogens is 680 g/mol. The van der Waals surface area contributed by atoms with Gasteiger partial charge in [-0.3, -0.25) is 20.2 Å². The second-order valence-corrected chi connectivity index (χ2v) is 10.6. The van der Waals surface area contributed by atoms with Gasteiger partial charge in [0.05, 0.1) is 9.85 Å². The van der Waals surface area contributed by atoms with Gasteiger partial charge < -0.3 is 31.5 Å². The Morgan fingerprint density at radius 2 is 1.15 bits per heavy atom. The zero-order chi connectivity index (χ0) is 34.9. The smallest absolute Gasteiger partial charge is 0.339 e. The first kappa shape index (κ1) is 37.5. The van der Waals surface area contributed by atoms with Crippen LogP contribution in [0.5, 0.6) is 11.5 Å². The van der Waals surface area contributed by atoms with E-state index in [1.54, 1.807) is 42.5 Å². The molecule has 0 atom stereocenters. The molecule has 14 nitrogen and oxygen atoms in total. The van der Waals surface area contributed by atoms with E-state index in [1.807, 2.05) is 0 Å². The second kappa shape index (κ2) is 19.0. The molecule has 0 unspecified atom stereocenters. The molecule has 0 aliphatic rings. The van der Waals surface area contributed by atoms with E-state index in [-0.39, 0.29) is 38.9 Å². The molecule has 0 fully saturated rings. The van der Waals surface area contributed by atoms with Gasteiger partial charge in [0.15, 0.2) is 0 Å². The molecular formula is C32H33BrN4O10. The minimum absolute atomic E-state index is 0.0668. The molecule has 0 amide bonds. The molecule has 0 spiro atoms. The Labute approximate surface area is 277 Å². The van der Waals surface area contributed by atoms with Crippen molar-refractivity contribution in [3.63, 3.8) is 0 Å². The summed E-state index contributed by atoms with van der Waals surface area (Å²) in [7, 11) is 0. The van der Waals surface area contributed by atoms with E-state index >= 15 is 0 Å². The summed E-state index contributed by atoms with van der Waals surface area (Å²) in [6.45, 7) is 0.612. The topological polar surface area (TPSA) is 239 Å². The first-order chi connectivity index (χ1) is 22.3. The third kappa shape index (κ3) is 13.1. The number of rotatable bonds is 12. The number of nitrogen functional groups attached to an aromatic ring is 1. The summed E-state index contributed by atoms with van der Waals surface area (Å²) in [5.41, 5.74) is 8.26. The average Bonchev–Trinajstić information content (AvgIpc) is 3.04. The van der Waals surface area contributed by atoms with Crippen molar-refractivity contribution >= 4 is 50.6 Å². The lowest BCUT2D eigenvalue weighted by atomic mass is 10.1. The van der Waals surface area contributed by atoms with Crippen LogP contribution < -0.4 is 11.1 Å². The number of nitrogens with two attached hydrogens (primary N) is 1. The maximum Gasteiger partial charge on any atom is 0.339 e. The van der Waals surface area contributed by atoms with Crippen molar-refractivity contribution in [3.05, 3.63) is 127 Å². The highest BCUT2D eigenvalue weighted by Gasteiger charge is 2.10. The summed E-state index contributed by atoms with van der Waals surface area (Å²) in [5, 5.41) is 60.7. The summed E-state index contributed by atoms with van der Waals surface area (Å²) >= 11 is 3.34. The maximum absolute atomic E-state index is 10.9. The van der Waals surface area contributed by atoms with Gasteiger partial charge in [0.25, 0.3) is 11.4 Å².